The molecule has 13 heteroatoms. The predicted molar refractivity (Wildman–Crippen MR) is 122 cm³/mol. The molecule has 192 valence electrons. The maximum Gasteiger partial charge on any atom is 0.453 e. The molecule has 2 aromatic carbocycles. The van der Waals surface area contributed by atoms with Crippen molar-refractivity contribution in [2.45, 2.75) is 37.3 Å². The first-order valence-electron chi connectivity index (χ1n) is 11.0. The number of nitrogen functional groups attached to an aromatic ring is 1. The number of amides is 1. The third-order valence-electron chi connectivity index (χ3n) is 6.48. The maximum absolute atomic E-state index is 13.6. The van der Waals surface area contributed by atoms with Crippen molar-refractivity contribution in [3.63, 3.8) is 0 Å². The molecule has 4 aromatic rings. The number of hydrogen-bond donors (Lipinski definition) is 2. The molecule has 2 aromatic heterocycles. The van der Waals surface area contributed by atoms with Crippen LogP contribution < -0.4 is 11.1 Å². The van der Waals surface area contributed by atoms with Crippen LogP contribution in [0.5, 0.6) is 0 Å². The number of aromatic nitrogens is 4. The fourth-order valence-electron chi connectivity index (χ4n) is 4.43. The zero-order chi connectivity index (χ0) is 26.8. The number of carbonyl (C=O) groups is 1. The highest BCUT2D eigenvalue weighted by molar-refractivity contribution is 6.09. The minimum Gasteiger partial charge on any atom is -0.383 e. The van der Waals surface area contributed by atoms with E-state index in [1.165, 1.54) is 35.0 Å². The van der Waals surface area contributed by atoms with Crippen molar-refractivity contribution < 1.29 is 31.1 Å². The van der Waals surface area contributed by atoms with Crippen molar-refractivity contribution in [3.8, 4) is 5.95 Å². The number of halogens is 6. The quantitative estimate of drug-likeness (QED) is 0.364. The van der Waals surface area contributed by atoms with Gasteiger partial charge in [0.05, 0.1) is 16.8 Å². The van der Waals surface area contributed by atoms with Crippen molar-refractivity contribution in [1.29, 1.82) is 0 Å². The largest absolute Gasteiger partial charge is 0.453 e. The van der Waals surface area contributed by atoms with Gasteiger partial charge < -0.3 is 11.1 Å². The van der Waals surface area contributed by atoms with Crippen molar-refractivity contribution >= 4 is 28.4 Å². The molecule has 0 spiro atoms. The van der Waals surface area contributed by atoms with Crippen LogP contribution in [0.15, 0.2) is 48.5 Å². The predicted octanol–water partition coefficient (Wildman–Crippen LogP) is 4.93. The average molecular weight is 520 g/mol. The molecular weight excluding hydrogens is 502 g/mol. The van der Waals surface area contributed by atoms with Crippen LogP contribution in [0, 0.1) is 5.82 Å². The highest BCUT2D eigenvalue weighted by Crippen LogP contribution is 2.45. The molecule has 7 nitrogen and oxygen atoms in total. The number of fused-ring (bicyclic) bond motifs is 2. The van der Waals surface area contributed by atoms with Crippen molar-refractivity contribution in [2.24, 2.45) is 0 Å². The van der Waals surface area contributed by atoms with Gasteiger partial charge in [0, 0.05) is 11.8 Å². The Kier molecular flexibility index (Phi) is 5.42. The molecule has 37 heavy (non-hydrogen) atoms. The van der Waals surface area contributed by atoms with E-state index in [0.29, 0.717) is 16.5 Å². The molecule has 0 fully saturated rings. The summed E-state index contributed by atoms with van der Waals surface area (Å²) in [6.07, 6.45) is -7.84. The summed E-state index contributed by atoms with van der Waals surface area (Å²) in [7, 11) is 0. The topological polar surface area (TPSA) is 98.7 Å². The van der Waals surface area contributed by atoms with E-state index < -0.39 is 42.1 Å². The monoisotopic (exact) mass is 520 g/mol. The van der Waals surface area contributed by atoms with Crippen molar-refractivity contribution in [2.75, 3.05) is 11.1 Å². The number of anilines is 2. The van der Waals surface area contributed by atoms with Crippen LogP contribution in [0.4, 0.5) is 38.0 Å². The summed E-state index contributed by atoms with van der Waals surface area (Å²) in [6, 6.07) is 11.6. The van der Waals surface area contributed by atoms with Gasteiger partial charge in [0.15, 0.2) is 0 Å². The third kappa shape index (κ3) is 3.85. The number of nitrogens with zero attached hydrogens (tertiary/aromatic N) is 4. The van der Waals surface area contributed by atoms with E-state index in [0.717, 1.165) is 0 Å². The molecule has 0 bridgehead atoms. The lowest BCUT2D eigenvalue weighted by molar-refractivity contribution is -0.284. The van der Waals surface area contributed by atoms with Crippen LogP contribution in [0.2, 0.25) is 0 Å². The summed E-state index contributed by atoms with van der Waals surface area (Å²) in [4.78, 5) is 21.6. The molecule has 0 saturated heterocycles. The molecule has 0 saturated carbocycles. The van der Waals surface area contributed by atoms with Gasteiger partial charge in [-0.25, -0.2) is 4.39 Å². The van der Waals surface area contributed by atoms with E-state index in [1.54, 1.807) is 25.1 Å². The van der Waals surface area contributed by atoms with Gasteiger partial charge in [-0.15, -0.1) is 0 Å². The molecule has 3 N–H and O–H groups in total. The summed E-state index contributed by atoms with van der Waals surface area (Å²) < 4.78 is 79.8. The molecule has 5 rings (SSSR count). The van der Waals surface area contributed by atoms with Gasteiger partial charge in [0.1, 0.15) is 22.9 Å². The van der Waals surface area contributed by atoms with E-state index in [9.17, 15) is 31.1 Å². The van der Waals surface area contributed by atoms with Crippen LogP contribution in [0.1, 0.15) is 30.2 Å². The first-order chi connectivity index (χ1) is 17.3. The molecule has 1 amide bonds. The number of alkyl halides is 5. The molecule has 1 unspecified atom stereocenters. The molecule has 0 aliphatic carbocycles. The Morgan fingerprint density at radius 3 is 2.38 bits per heavy atom. The number of carbonyl (C=O) groups excluding carboxylic acids is 1. The SMILES string of the molecule is CC1(c2ccc(F)cc2)C(=O)Nc2nc(-n3nc(CCC(F)(F)C(F)(F)F)c4ccccc43)nc(N)c21. The Labute approximate surface area is 205 Å². The Morgan fingerprint density at radius 1 is 1.03 bits per heavy atom. The minimum absolute atomic E-state index is 0.0117. The molecule has 0 radical (unpaired) electrons. The normalized spacial score (nSPS) is 17.8. The summed E-state index contributed by atoms with van der Waals surface area (Å²) in [5, 5.41) is 7.19. The van der Waals surface area contributed by atoms with E-state index in [2.05, 4.69) is 20.4 Å². The van der Waals surface area contributed by atoms with Gasteiger partial charge in [-0.3, -0.25) is 4.79 Å². The highest BCUT2D eigenvalue weighted by atomic mass is 19.4. The van der Waals surface area contributed by atoms with Crippen LogP contribution in [-0.2, 0) is 16.6 Å². The Bertz CT molecular complexity index is 1530. The van der Waals surface area contributed by atoms with Gasteiger partial charge >= 0.3 is 12.1 Å². The summed E-state index contributed by atoms with van der Waals surface area (Å²) in [5.74, 6) is -5.99. The summed E-state index contributed by atoms with van der Waals surface area (Å²) in [6.45, 7) is 1.59. The fourth-order valence-corrected chi connectivity index (χ4v) is 4.43. The van der Waals surface area contributed by atoms with Gasteiger partial charge in [-0.05, 0) is 37.1 Å². The standard InChI is InChI=1S/C24H18F6N6O/c1-22(12-6-8-13(25)9-7-12)17-18(31)32-21(34-19(17)33-20(22)37)36-16-5-3-2-4-14(16)15(35-36)10-11-23(26,27)24(28,29)30/h2-9H,10-11H2,1H3,(H3,31,32,33,34,37). The van der Waals surface area contributed by atoms with Gasteiger partial charge in [-0.1, -0.05) is 30.3 Å². The maximum atomic E-state index is 13.6. The van der Waals surface area contributed by atoms with E-state index >= 15 is 0 Å². The second kappa shape index (κ2) is 8.18. The number of nitrogens with one attached hydrogen (secondary N) is 1. The molecular formula is C24H18F6N6O. The van der Waals surface area contributed by atoms with Crippen molar-refractivity contribution in [1.82, 2.24) is 19.7 Å². The highest BCUT2D eigenvalue weighted by Gasteiger charge is 2.56. The molecule has 1 aliphatic heterocycles. The zero-order valence-electron chi connectivity index (χ0n) is 19.1. The number of para-hydroxylation sites is 1. The number of hydrogen-bond acceptors (Lipinski definition) is 5. The van der Waals surface area contributed by atoms with E-state index in [-0.39, 0.29) is 28.8 Å². The number of nitrogens with two attached hydrogens (primary N) is 1. The number of aryl methyl sites for hydroxylation is 1. The third-order valence-corrected chi connectivity index (χ3v) is 6.48. The van der Waals surface area contributed by atoms with Crippen LogP contribution in [-0.4, -0.2) is 37.8 Å². The lowest BCUT2D eigenvalue weighted by Gasteiger charge is -2.23. The van der Waals surface area contributed by atoms with E-state index in [4.69, 9.17) is 5.73 Å². The summed E-state index contributed by atoms with van der Waals surface area (Å²) >= 11 is 0. The van der Waals surface area contributed by atoms with E-state index in [1.807, 2.05) is 0 Å². The second-order valence-corrected chi connectivity index (χ2v) is 8.80. The zero-order valence-corrected chi connectivity index (χ0v) is 19.1. The van der Waals surface area contributed by atoms with Gasteiger partial charge in [0.25, 0.3) is 5.95 Å². The Hall–Kier alpha value is -4.16. The van der Waals surface area contributed by atoms with Crippen LogP contribution >= 0.6 is 0 Å². The first-order valence-corrected chi connectivity index (χ1v) is 11.0. The minimum atomic E-state index is -5.68. The Balaban J connectivity index is 1.58. The lowest BCUT2D eigenvalue weighted by atomic mass is 9.78. The van der Waals surface area contributed by atoms with Crippen LogP contribution in [0.25, 0.3) is 16.9 Å². The second-order valence-electron chi connectivity index (χ2n) is 8.80. The smallest absolute Gasteiger partial charge is 0.383 e. The van der Waals surface area contributed by atoms with Crippen LogP contribution in [0.3, 0.4) is 0 Å². The molecule has 3 heterocycles. The summed E-state index contributed by atoms with van der Waals surface area (Å²) in [5.41, 5.74) is 5.96. The van der Waals surface area contributed by atoms with Gasteiger partial charge in [0.2, 0.25) is 5.91 Å². The fraction of sp³-hybridized carbons (Fsp3) is 0.250. The molecule has 1 atom stereocenters. The average Bonchev–Trinajstić information content (AvgIpc) is 3.33. The van der Waals surface area contributed by atoms with Crippen molar-refractivity contribution in [3.05, 3.63) is 71.2 Å². The lowest BCUT2D eigenvalue weighted by Crippen LogP contribution is -2.36. The van der Waals surface area contributed by atoms with Gasteiger partial charge in [-0.2, -0.15) is 41.7 Å². The Morgan fingerprint density at radius 2 is 1.70 bits per heavy atom. The number of rotatable bonds is 5. The first kappa shape index (κ1) is 24.5. The number of benzene rings is 2. The molecule has 1 aliphatic rings.